The van der Waals surface area contributed by atoms with E-state index in [4.69, 9.17) is 16.9 Å². The van der Waals surface area contributed by atoms with Gasteiger partial charge in [-0.1, -0.05) is 18.5 Å². The van der Waals surface area contributed by atoms with Crippen LogP contribution in [-0.2, 0) is 10.0 Å². The van der Waals surface area contributed by atoms with Crippen LogP contribution in [0.5, 0.6) is 0 Å². The Balaban J connectivity index is 2.48. The second kappa shape index (κ2) is 5.70. The monoisotopic (exact) mass is 314 g/mol. The lowest BCUT2D eigenvalue weighted by atomic mass is 10.0. The first kappa shape index (κ1) is 15.3. The van der Waals surface area contributed by atoms with Gasteiger partial charge in [-0.2, -0.15) is 9.57 Å². The quantitative estimate of drug-likeness (QED) is 0.919. The molecule has 0 amide bonds. The Morgan fingerprint density at radius 3 is 2.85 bits per heavy atom. The lowest BCUT2D eigenvalue weighted by Crippen LogP contribution is -2.39. The standard InChI is InChI=1S/C13H15ClN2O3S/c1-9-4-5-16(12(9)8-17)20(18,19)13-6-10(7-15)2-3-11(13)14/h2-3,6,9,12,17H,4-5,8H2,1H3. The number of halogens is 1. The molecule has 2 unspecified atom stereocenters. The van der Waals surface area contributed by atoms with Gasteiger partial charge in [-0.05, 0) is 30.5 Å². The zero-order chi connectivity index (χ0) is 14.9. The van der Waals surface area contributed by atoms with Crippen LogP contribution >= 0.6 is 11.6 Å². The first-order valence-corrected chi connectivity index (χ1v) is 8.06. The van der Waals surface area contributed by atoms with Crippen LogP contribution in [0, 0.1) is 17.2 Å². The normalized spacial score (nSPS) is 23.7. The van der Waals surface area contributed by atoms with Gasteiger partial charge in [0.2, 0.25) is 10.0 Å². The van der Waals surface area contributed by atoms with Crippen LogP contribution in [0.15, 0.2) is 23.1 Å². The Bertz CT molecular complexity index is 654. The molecule has 1 fully saturated rings. The molecule has 1 aliphatic rings. The predicted octanol–water partition coefficient (Wildman–Crippen LogP) is 1.60. The molecule has 1 aliphatic heterocycles. The molecule has 1 saturated heterocycles. The van der Waals surface area contributed by atoms with E-state index in [0.717, 1.165) is 0 Å². The topological polar surface area (TPSA) is 81.4 Å². The van der Waals surface area contributed by atoms with Gasteiger partial charge in [-0.25, -0.2) is 8.42 Å². The fourth-order valence-electron chi connectivity index (χ4n) is 2.44. The third kappa shape index (κ3) is 2.54. The number of sulfonamides is 1. The number of benzene rings is 1. The van der Waals surface area contributed by atoms with Crippen molar-refractivity contribution >= 4 is 21.6 Å². The van der Waals surface area contributed by atoms with Crippen LogP contribution < -0.4 is 0 Å². The molecule has 0 aromatic heterocycles. The number of hydrogen-bond donors (Lipinski definition) is 1. The predicted molar refractivity (Wildman–Crippen MR) is 74.7 cm³/mol. The lowest BCUT2D eigenvalue weighted by Gasteiger charge is -2.25. The van der Waals surface area contributed by atoms with Crippen molar-refractivity contribution in [1.29, 1.82) is 5.26 Å². The molecule has 1 N–H and O–H groups in total. The molecule has 0 radical (unpaired) electrons. The highest BCUT2D eigenvalue weighted by molar-refractivity contribution is 7.89. The molecule has 7 heteroatoms. The second-order valence-corrected chi connectivity index (χ2v) is 7.15. The SMILES string of the molecule is CC1CCN(S(=O)(=O)c2cc(C#N)ccc2Cl)C1CO. The number of aliphatic hydroxyl groups is 1. The average Bonchev–Trinajstić information content (AvgIpc) is 2.80. The van der Waals surface area contributed by atoms with Crippen molar-refractivity contribution < 1.29 is 13.5 Å². The van der Waals surface area contributed by atoms with Gasteiger partial charge in [0.05, 0.1) is 29.3 Å². The first-order chi connectivity index (χ1) is 9.41. The Hall–Kier alpha value is -1.13. The summed E-state index contributed by atoms with van der Waals surface area (Å²) in [5.41, 5.74) is 0.237. The van der Waals surface area contributed by atoms with Gasteiger partial charge in [0.15, 0.2) is 0 Å². The minimum absolute atomic E-state index is 0.0780. The third-order valence-electron chi connectivity index (χ3n) is 3.67. The minimum Gasteiger partial charge on any atom is -0.395 e. The zero-order valence-electron chi connectivity index (χ0n) is 11.0. The van der Waals surface area contributed by atoms with Crippen molar-refractivity contribution in [2.45, 2.75) is 24.3 Å². The minimum atomic E-state index is -3.81. The molecule has 2 atom stereocenters. The molecule has 0 spiro atoms. The van der Waals surface area contributed by atoms with Crippen molar-refractivity contribution in [3.63, 3.8) is 0 Å². The van der Waals surface area contributed by atoms with Crippen LogP contribution in [0.1, 0.15) is 18.9 Å². The summed E-state index contributed by atoms with van der Waals surface area (Å²) in [4.78, 5) is -0.0780. The second-order valence-electron chi connectivity index (χ2n) is 4.89. The van der Waals surface area contributed by atoms with E-state index in [9.17, 15) is 13.5 Å². The summed E-state index contributed by atoms with van der Waals surface area (Å²) in [7, 11) is -3.81. The van der Waals surface area contributed by atoms with Gasteiger partial charge in [-0.15, -0.1) is 0 Å². The Labute approximate surface area is 123 Å². The van der Waals surface area contributed by atoms with Gasteiger partial charge in [0.1, 0.15) is 4.90 Å². The van der Waals surface area contributed by atoms with Gasteiger partial charge in [-0.3, -0.25) is 0 Å². The fourth-order valence-corrected chi connectivity index (χ4v) is 4.67. The molecule has 108 valence electrons. The molecule has 1 aromatic rings. The Morgan fingerprint density at radius 1 is 1.55 bits per heavy atom. The van der Waals surface area contributed by atoms with E-state index in [-0.39, 0.29) is 28.0 Å². The summed E-state index contributed by atoms with van der Waals surface area (Å²) in [5, 5.41) is 18.4. The van der Waals surface area contributed by atoms with E-state index >= 15 is 0 Å². The van der Waals surface area contributed by atoms with E-state index in [2.05, 4.69) is 0 Å². The summed E-state index contributed by atoms with van der Waals surface area (Å²) in [6, 6.07) is 5.60. The highest BCUT2D eigenvalue weighted by atomic mass is 35.5. The van der Waals surface area contributed by atoms with Gasteiger partial charge in [0, 0.05) is 6.54 Å². The summed E-state index contributed by atoms with van der Waals surface area (Å²) >= 11 is 5.97. The zero-order valence-corrected chi connectivity index (χ0v) is 12.5. The van der Waals surface area contributed by atoms with E-state index < -0.39 is 16.1 Å². The highest BCUT2D eigenvalue weighted by Crippen LogP contribution is 2.33. The van der Waals surface area contributed by atoms with Crippen LogP contribution in [0.2, 0.25) is 5.02 Å². The van der Waals surface area contributed by atoms with Crippen molar-refractivity contribution in [2.75, 3.05) is 13.2 Å². The molecule has 0 saturated carbocycles. The van der Waals surface area contributed by atoms with Crippen LogP contribution in [0.3, 0.4) is 0 Å². The summed E-state index contributed by atoms with van der Waals surface area (Å²) in [6.07, 6.45) is 0.694. The lowest BCUT2D eigenvalue weighted by molar-refractivity contribution is 0.191. The smallest absolute Gasteiger partial charge is 0.244 e. The molecule has 2 rings (SSSR count). The third-order valence-corrected chi connectivity index (χ3v) is 6.07. The van der Waals surface area contributed by atoms with Gasteiger partial charge in [0.25, 0.3) is 0 Å². The summed E-state index contributed by atoms with van der Waals surface area (Å²) in [6.45, 7) is 2.03. The van der Waals surface area contributed by atoms with Crippen molar-refractivity contribution in [2.24, 2.45) is 5.92 Å². The Kier molecular flexibility index (Phi) is 4.35. The number of aliphatic hydroxyl groups excluding tert-OH is 1. The first-order valence-electron chi connectivity index (χ1n) is 6.24. The Morgan fingerprint density at radius 2 is 2.25 bits per heavy atom. The molecule has 1 aromatic carbocycles. The number of nitrogens with zero attached hydrogens (tertiary/aromatic N) is 2. The van der Waals surface area contributed by atoms with Crippen LogP contribution in [0.4, 0.5) is 0 Å². The van der Waals surface area contributed by atoms with Crippen molar-refractivity contribution in [3.8, 4) is 6.07 Å². The van der Waals surface area contributed by atoms with Crippen molar-refractivity contribution in [3.05, 3.63) is 28.8 Å². The maximum absolute atomic E-state index is 12.7. The average molecular weight is 315 g/mol. The summed E-state index contributed by atoms with van der Waals surface area (Å²) < 4.78 is 26.6. The fraction of sp³-hybridized carbons (Fsp3) is 0.462. The molecule has 5 nitrogen and oxygen atoms in total. The number of nitriles is 1. The number of hydrogen-bond acceptors (Lipinski definition) is 4. The molecule has 0 bridgehead atoms. The molecular formula is C13H15ClN2O3S. The van der Waals surface area contributed by atoms with Gasteiger partial charge >= 0.3 is 0 Å². The van der Waals surface area contributed by atoms with E-state index in [1.807, 2.05) is 13.0 Å². The molecule has 0 aliphatic carbocycles. The molecular weight excluding hydrogens is 300 g/mol. The number of rotatable bonds is 3. The van der Waals surface area contributed by atoms with Crippen molar-refractivity contribution in [1.82, 2.24) is 4.31 Å². The van der Waals surface area contributed by atoms with Crippen LogP contribution in [0.25, 0.3) is 0 Å². The maximum Gasteiger partial charge on any atom is 0.244 e. The highest BCUT2D eigenvalue weighted by Gasteiger charge is 2.40. The van der Waals surface area contributed by atoms with Gasteiger partial charge < -0.3 is 5.11 Å². The van der Waals surface area contributed by atoms with E-state index in [1.165, 1.54) is 22.5 Å². The maximum atomic E-state index is 12.7. The van der Waals surface area contributed by atoms with E-state index in [1.54, 1.807) is 0 Å². The largest absolute Gasteiger partial charge is 0.395 e. The molecule has 20 heavy (non-hydrogen) atoms. The van der Waals surface area contributed by atoms with Crippen LogP contribution in [-0.4, -0.2) is 37.0 Å². The molecule has 1 heterocycles. The summed E-state index contributed by atoms with van der Waals surface area (Å²) in [5.74, 6) is 0.0905. The van der Waals surface area contributed by atoms with E-state index in [0.29, 0.717) is 13.0 Å².